The summed E-state index contributed by atoms with van der Waals surface area (Å²) in [6.45, 7) is 2.44. The highest BCUT2D eigenvalue weighted by molar-refractivity contribution is 9.11. The van der Waals surface area contributed by atoms with Crippen LogP contribution in [0, 0.1) is 0 Å². The number of para-hydroxylation sites is 1. The Kier molecular flexibility index (Phi) is 6.16. The zero-order valence-corrected chi connectivity index (χ0v) is 19.4. The van der Waals surface area contributed by atoms with Gasteiger partial charge in [0.05, 0.1) is 22.3 Å². The number of carbonyl (C=O) groups is 1. The first-order chi connectivity index (χ1) is 14.6. The molecule has 150 valence electrons. The summed E-state index contributed by atoms with van der Waals surface area (Å²) in [5.41, 5.74) is 3.53. The van der Waals surface area contributed by atoms with E-state index in [0.29, 0.717) is 23.6 Å². The molecule has 0 saturated carbocycles. The quantitative estimate of drug-likeness (QED) is 0.359. The van der Waals surface area contributed by atoms with E-state index in [9.17, 15) is 4.79 Å². The number of rotatable bonds is 5. The Hall–Kier alpha value is -2.70. The molecule has 0 bridgehead atoms. The van der Waals surface area contributed by atoms with Crippen molar-refractivity contribution in [2.45, 2.75) is 6.92 Å². The second-order valence-electron chi connectivity index (χ2n) is 6.56. The molecule has 0 atom stereocenters. The Morgan fingerprint density at radius 3 is 2.33 bits per heavy atom. The molecular weight excluding hydrogens is 508 g/mol. The van der Waals surface area contributed by atoms with Crippen LogP contribution in [-0.2, 0) is 4.79 Å². The molecule has 0 radical (unpaired) electrons. The van der Waals surface area contributed by atoms with Crippen molar-refractivity contribution < 1.29 is 9.53 Å². The Balaban J connectivity index is 1.88. The largest absolute Gasteiger partial charge is 0.492 e. The third kappa shape index (κ3) is 4.11. The zero-order valence-electron chi connectivity index (χ0n) is 16.2. The van der Waals surface area contributed by atoms with Crippen LogP contribution in [0.15, 0.2) is 92.4 Å². The number of hydrazone groups is 1. The molecule has 6 heteroatoms. The molecule has 0 N–H and O–H groups in total. The maximum absolute atomic E-state index is 13.4. The number of hydrogen-bond donors (Lipinski definition) is 0. The summed E-state index contributed by atoms with van der Waals surface area (Å²) in [4.78, 5) is 13.4. The first kappa shape index (κ1) is 20.6. The SMILES string of the molecule is CCOc1c(Br)cc(Br)cc1/C=C1\C(=O)N(c2ccccc2)N=C1c1ccccc1. The predicted octanol–water partition coefficient (Wildman–Crippen LogP) is 6.44. The minimum absolute atomic E-state index is 0.182. The van der Waals surface area contributed by atoms with E-state index in [4.69, 9.17) is 4.74 Å². The average molecular weight is 526 g/mol. The van der Waals surface area contributed by atoms with E-state index in [1.807, 2.05) is 85.8 Å². The lowest BCUT2D eigenvalue weighted by atomic mass is 10.00. The van der Waals surface area contributed by atoms with Gasteiger partial charge in [-0.15, -0.1) is 0 Å². The Bertz CT molecular complexity index is 1140. The molecule has 0 unspecified atom stereocenters. The molecule has 0 aromatic heterocycles. The summed E-state index contributed by atoms with van der Waals surface area (Å²) in [5, 5.41) is 6.12. The fraction of sp³-hybridized carbons (Fsp3) is 0.0833. The minimum atomic E-state index is -0.182. The highest BCUT2D eigenvalue weighted by atomic mass is 79.9. The van der Waals surface area contributed by atoms with Crippen LogP contribution in [-0.4, -0.2) is 18.2 Å². The van der Waals surface area contributed by atoms with Crippen LogP contribution in [0.3, 0.4) is 0 Å². The van der Waals surface area contributed by atoms with Crippen LogP contribution in [0.2, 0.25) is 0 Å². The number of halogens is 2. The van der Waals surface area contributed by atoms with E-state index in [1.54, 1.807) is 0 Å². The molecule has 3 aromatic carbocycles. The van der Waals surface area contributed by atoms with Gasteiger partial charge >= 0.3 is 0 Å². The van der Waals surface area contributed by atoms with E-state index in [2.05, 4.69) is 37.0 Å². The molecule has 1 heterocycles. The number of nitrogens with zero attached hydrogens (tertiary/aromatic N) is 2. The van der Waals surface area contributed by atoms with Crippen molar-refractivity contribution in [3.63, 3.8) is 0 Å². The van der Waals surface area contributed by atoms with Gasteiger partial charge in [0.25, 0.3) is 5.91 Å². The predicted molar refractivity (Wildman–Crippen MR) is 128 cm³/mol. The lowest BCUT2D eigenvalue weighted by molar-refractivity contribution is -0.114. The normalized spacial score (nSPS) is 14.9. The first-order valence-corrected chi connectivity index (χ1v) is 11.0. The molecule has 1 aliphatic heterocycles. The topological polar surface area (TPSA) is 41.9 Å². The summed E-state index contributed by atoms with van der Waals surface area (Å²) in [6.07, 6.45) is 1.84. The van der Waals surface area contributed by atoms with Crippen LogP contribution < -0.4 is 9.75 Å². The van der Waals surface area contributed by atoms with Crippen LogP contribution in [0.1, 0.15) is 18.1 Å². The molecule has 1 aliphatic rings. The van der Waals surface area contributed by atoms with Gasteiger partial charge in [-0.25, -0.2) is 0 Å². The van der Waals surface area contributed by atoms with Gasteiger partial charge in [0.1, 0.15) is 11.5 Å². The number of benzene rings is 3. The monoisotopic (exact) mass is 524 g/mol. The number of amides is 1. The minimum Gasteiger partial charge on any atom is -0.492 e. The number of carbonyl (C=O) groups excluding carboxylic acids is 1. The van der Waals surface area contributed by atoms with Crippen LogP contribution >= 0.6 is 31.9 Å². The van der Waals surface area contributed by atoms with Crippen molar-refractivity contribution in [1.29, 1.82) is 0 Å². The lowest BCUT2D eigenvalue weighted by Crippen LogP contribution is -2.21. The summed E-state index contributed by atoms with van der Waals surface area (Å²) < 4.78 is 7.54. The van der Waals surface area contributed by atoms with Gasteiger partial charge in [-0.05, 0) is 53.2 Å². The van der Waals surface area contributed by atoms with Crippen LogP contribution in [0.4, 0.5) is 5.69 Å². The molecule has 30 heavy (non-hydrogen) atoms. The number of hydrogen-bond acceptors (Lipinski definition) is 3. The summed E-state index contributed by atoms with van der Waals surface area (Å²) in [5.74, 6) is 0.505. The van der Waals surface area contributed by atoms with Gasteiger partial charge in [-0.3, -0.25) is 4.79 Å². The number of anilines is 1. The van der Waals surface area contributed by atoms with Gasteiger partial charge in [-0.1, -0.05) is 64.5 Å². The van der Waals surface area contributed by atoms with Gasteiger partial charge in [-0.2, -0.15) is 10.1 Å². The average Bonchev–Trinajstić information content (AvgIpc) is 3.08. The van der Waals surface area contributed by atoms with E-state index < -0.39 is 0 Å². The second kappa shape index (κ2) is 8.98. The van der Waals surface area contributed by atoms with Crippen molar-refractivity contribution in [2.75, 3.05) is 11.6 Å². The summed E-state index contributed by atoms with van der Waals surface area (Å²) in [7, 11) is 0. The van der Waals surface area contributed by atoms with Gasteiger partial charge < -0.3 is 4.74 Å². The Labute approximate surface area is 192 Å². The van der Waals surface area contributed by atoms with Crippen LogP contribution in [0.5, 0.6) is 5.75 Å². The Morgan fingerprint density at radius 1 is 1.00 bits per heavy atom. The molecule has 0 spiro atoms. The van der Waals surface area contributed by atoms with Crippen molar-refractivity contribution in [3.05, 3.63) is 98.4 Å². The van der Waals surface area contributed by atoms with Gasteiger partial charge in [0, 0.05) is 15.6 Å². The second-order valence-corrected chi connectivity index (χ2v) is 8.33. The van der Waals surface area contributed by atoms with Gasteiger partial charge in [0.2, 0.25) is 0 Å². The molecular formula is C24H18Br2N2O2. The summed E-state index contributed by atoms with van der Waals surface area (Å²) in [6, 6.07) is 23.0. The molecule has 4 rings (SSSR count). The van der Waals surface area contributed by atoms with Crippen molar-refractivity contribution in [2.24, 2.45) is 5.10 Å². The fourth-order valence-corrected chi connectivity index (χ4v) is 4.61. The molecule has 3 aromatic rings. The van der Waals surface area contributed by atoms with Gasteiger partial charge in [0.15, 0.2) is 0 Å². The first-order valence-electron chi connectivity index (χ1n) is 9.46. The van der Waals surface area contributed by atoms with Crippen molar-refractivity contribution >= 4 is 55.2 Å². The maximum Gasteiger partial charge on any atom is 0.281 e. The third-order valence-electron chi connectivity index (χ3n) is 4.55. The molecule has 0 aliphatic carbocycles. The molecule has 1 amide bonds. The summed E-state index contributed by atoms with van der Waals surface area (Å²) >= 11 is 7.09. The lowest BCUT2D eigenvalue weighted by Gasteiger charge is -2.12. The van der Waals surface area contributed by atoms with E-state index >= 15 is 0 Å². The highest BCUT2D eigenvalue weighted by Crippen LogP contribution is 2.36. The standard InChI is InChI=1S/C24H18Br2N2O2/c1-2-30-23-17(13-18(25)15-21(23)26)14-20-22(16-9-5-3-6-10-16)27-28(24(20)29)19-11-7-4-8-12-19/h3-15H,2H2,1H3/b20-14-. The number of ether oxygens (including phenoxy) is 1. The molecule has 0 saturated heterocycles. The molecule has 4 nitrogen and oxygen atoms in total. The highest BCUT2D eigenvalue weighted by Gasteiger charge is 2.32. The van der Waals surface area contributed by atoms with Crippen LogP contribution in [0.25, 0.3) is 6.08 Å². The molecule has 0 fully saturated rings. The van der Waals surface area contributed by atoms with E-state index in [0.717, 1.165) is 25.8 Å². The smallest absolute Gasteiger partial charge is 0.281 e. The fourth-order valence-electron chi connectivity index (χ4n) is 3.24. The van der Waals surface area contributed by atoms with Crippen molar-refractivity contribution in [1.82, 2.24) is 0 Å². The maximum atomic E-state index is 13.4. The van der Waals surface area contributed by atoms with Crippen molar-refractivity contribution in [3.8, 4) is 5.75 Å². The van der Waals surface area contributed by atoms with E-state index in [-0.39, 0.29) is 5.91 Å². The third-order valence-corrected chi connectivity index (χ3v) is 5.60. The van der Waals surface area contributed by atoms with E-state index in [1.165, 1.54) is 5.01 Å². The Morgan fingerprint density at radius 2 is 1.67 bits per heavy atom. The zero-order chi connectivity index (χ0) is 21.1.